The number of aromatic nitrogens is 1. The molecule has 0 radical (unpaired) electrons. The predicted octanol–water partition coefficient (Wildman–Crippen LogP) is 5.09. The molecule has 0 aromatic carbocycles. The molecular formula is C23H32N2O3S. The van der Waals surface area contributed by atoms with Crippen LogP contribution in [0.3, 0.4) is 0 Å². The number of carboxylic acids is 1. The summed E-state index contributed by atoms with van der Waals surface area (Å²) in [4.78, 5) is 20.9. The van der Waals surface area contributed by atoms with Gasteiger partial charge in [0.1, 0.15) is 11.4 Å². The number of carbonyl (C=O) groups is 1. The molecular weight excluding hydrogens is 384 g/mol. The molecule has 5 nitrogen and oxygen atoms in total. The van der Waals surface area contributed by atoms with Gasteiger partial charge in [0.2, 0.25) is 0 Å². The molecule has 2 aromatic rings. The molecule has 1 N–H and O–H groups in total. The SMILES string of the molecule is CCOc1c(C)ccnc1-c1ccc(CN2CC(C(=O)O)C[C@@H](C(C)(C)C)C2)s1. The second kappa shape index (κ2) is 8.84. The van der Waals surface area contributed by atoms with E-state index >= 15 is 0 Å². The molecule has 3 heterocycles. The first-order valence-electron chi connectivity index (χ1n) is 10.3. The van der Waals surface area contributed by atoms with Crippen LogP contribution in [0.15, 0.2) is 24.4 Å². The van der Waals surface area contributed by atoms with Crippen molar-refractivity contribution in [3.8, 4) is 16.3 Å². The maximum absolute atomic E-state index is 11.7. The van der Waals surface area contributed by atoms with Crippen molar-refractivity contribution in [1.29, 1.82) is 0 Å². The molecule has 2 atom stereocenters. The number of carboxylic acid groups (broad SMARTS) is 1. The van der Waals surface area contributed by atoms with E-state index in [0.717, 1.165) is 41.4 Å². The first-order valence-corrected chi connectivity index (χ1v) is 11.1. The van der Waals surface area contributed by atoms with Crippen LogP contribution < -0.4 is 4.74 Å². The monoisotopic (exact) mass is 416 g/mol. The van der Waals surface area contributed by atoms with Gasteiger partial charge in [-0.1, -0.05) is 20.8 Å². The van der Waals surface area contributed by atoms with E-state index in [2.05, 4.69) is 42.8 Å². The van der Waals surface area contributed by atoms with Gasteiger partial charge in [0, 0.05) is 30.7 Å². The summed E-state index contributed by atoms with van der Waals surface area (Å²) in [5.41, 5.74) is 2.07. The van der Waals surface area contributed by atoms with Gasteiger partial charge >= 0.3 is 5.97 Å². The Kier molecular flexibility index (Phi) is 6.64. The average Bonchev–Trinajstić information content (AvgIpc) is 3.10. The Hall–Kier alpha value is -1.92. The van der Waals surface area contributed by atoms with Crippen LogP contribution in [0.4, 0.5) is 0 Å². The van der Waals surface area contributed by atoms with E-state index in [1.54, 1.807) is 11.3 Å². The van der Waals surface area contributed by atoms with Crippen LogP contribution in [-0.4, -0.2) is 40.7 Å². The first kappa shape index (κ1) is 21.8. The second-order valence-electron chi connectivity index (χ2n) is 9.03. The summed E-state index contributed by atoms with van der Waals surface area (Å²) >= 11 is 1.72. The van der Waals surface area contributed by atoms with Crippen LogP contribution in [-0.2, 0) is 11.3 Å². The van der Waals surface area contributed by atoms with Crippen LogP contribution >= 0.6 is 11.3 Å². The maximum atomic E-state index is 11.7. The quantitative estimate of drug-likeness (QED) is 0.711. The number of piperidine rings is 1. The highest BCUT2D eigenvalue weighted by Crippen LogP contribution is 2.38. The zero-order valence-corrected chi connectivity index (χ0v) is 18.9. The van der Waals surface area contributed by atoms with Crippen molar-refractivity contribution in [3.63, 3.8) is 0 Å². The number of thiophene rings is 1. The van der Waals surface area contributed by atoms with E-state index in [-0.39, 0.29) is 11.3 Å². The Balaban J connectivity index is 1.79. The minimum Gasteiger partial charge on any atom is -0.491 e. The molecule has 0 spiro atoms. The lowest BCUT2D eigenvalue weighted by Crippen LogP contribution is -2.46. The molecule has 6 heteroatoms. The first-order chi connectivity index (χ1) is 13.7. The number of rotatable bonds is 6. The molecule has 29 heavy (non-hydrogen) atoms. The standard InChI is InChI=1S/C23H32N2O3S/c1-6-28-21-15(2)9-10-24-20(21)19-8-7-18(29-19)14-25-12-16(22(26)27)11-17(13-25)23(3,4)5/h7-10,16-17H,6,11-14H2,1-5H3,(H,26,27)/t16?,17-/m1/s1. The summed E-state index contributed by atoms with van der Waals surface area (Å²) in [6.07, 6.45) is 2.58. The minimum atomic E-state index is -0.680. The summed E-state index contributed by atoms with van der Waals surface area (Å²) in [6.45, 7) is 13.6. The van der Waals surface area contributed by atoms with Crippen LogP contribution in [0.2, 0.25) is 0 Å². The van der Waals surface area contributed by atoms with Crippen molar-refractivity contribution < 1.29 is 14.6 Å². The predicted molar refractivity (Wildman–Crippen MR) is 117 cm³/mol. The highest BCUT2D eigenvalue weighted by molar-refractivity contribution is 7.15. The van der Waals surface area contributed by atoms with Crippen molar-refractivity contribution in [2.75, 3.05) is 19.7 Å². The number of nitrogens with zero attached hydrogens (tertiary/aromatic N) is 2. The van der Waals surface area contributed by atoms with Crippen molar-refractivity contribution >= 4 is 17.3 Å². The maximum Gasteiger partial charge on any atom is 0.307 e. The van der Waals surface area contributed by atoms with Crippen molar-refractivity contribution in [2.45, 2.75) is 47.6 Å². The molecule has 1 unspecified atom stereocenters. The van der Waals surface area contributed by atoms with E-state index in [4.69, 9.17) is 4.74 Å². The molecule has 0 aliphatic carbocycles. The third-order valence-electron chi connectivity index (χ3n) is 5.76. The zero-order chi connectivity index (χ0) is 21.2. The Labute approximate surface area is 177 Å². The third-order valence-corrected chi connectivity index (χ3v) is 6.84. The van der Waals surface area contributed by atoms with Crippen molar-refractivity contribution in [2.24, 2.45) is 17.3 Å². The van der Waals surface area contributed by atoms with Crippen LogP contribution in [0.5, 0.6) is 5.75 Å². The smallest absolute Gasteiger partial charge is 0.307 e. The molecule has 0 bridgehead atoms. The molecule has 158 valence electrons. The molecule has 1 saturated heterocycles. The average molecular weight is 417 g/mol. The molecule has 2 aromatic heterocycles. The van der Waals surface area contributed by atoms with Gasteiger partial charge in [-0.05, 0) is 55.4 Å². The van der Waals surface area contributed by atoms with E-state index < -0.39 is 5.97 Å². The summed E-state index contributed by atoms with van der Waals surface area (Å²) in [6, 6.07) is 6.20. The lowest BCUT2D eigenvalue weighted by Gasteiger charge is -2.42. The van der Waals surface area contributed by atoms with Gasteiger partial charge < -0.3 is 9.84 Å². The number of hydrogen-bond donors (Lipinski definition) is 1. The van der Waals surface area contributed by atoms with Crippen LogP contribution in [0, 0.1) is 24.2 Å². The lowest BCUT2D eigenvalue weighted by molar-refractivity contribution is -0.145. The van der Waals surface area contributed by atoms with Gasteiger partial charge in [0.25, 0.3) is 0 Å². The summed E-state index contributed by atoms with van der Waals surface area (Å²) in [7, 11) is 0. The number of hydrogen-bond acceptors (Lipinski definition) is 5. The van der Waals surface area contributed by atoms with Crippen LogP contribution in [0.1, 0.15) is 44.6 Å². The summed E-state index contributed by atoms with van der Waals surface area (Å²) < 4.78 is 5.84. The largest absolute Gasteiger partial charge is 0.491 e. The molecule has 0 saturated carbocycles. The van der Waals surface area contributed by atoms with E-state index in [1.807, 2.05) is 26.1 Å². The molecule has 3 rings (SSSR count). The fraction of sp³-hybridized carbons (Fsp3) is 0.565. The Morgan fingerprint density at radius 2 is 2.07 bits per heavy atom. The van der Waals surface area contributed by atoms with Gasteiger partial charge in [-0.3, -0.25) is 14.7 Å². The number of aryl methyl sites for hydroxylation is 1. The molecule has 1 aliphatic rings. The molecule has 1 fully saturated rings. The minimum absolute atomic E-state index is 0.102. The fourth-order valence-electron chi connectivity index (χ4n) is 3.98. The fourth-order valence-corrected chi connectivity index (χ4v) is 5.03. The van der Waals surface area contributed by atoms with Gasteiger partial charge in [0.15, 0.2) is 0 Å². The number of pyridine rings is 1. The number of ether oxygens (including phenoxy) is 1. The van der Waals surface area contributed by atoms with Crippen molar-refractivity contribution in [1.82, 2.24) is 9.88 Å². The molecule has 1 aliphatic heterocycles. The number of likely N-dealkylation sites (tertiary alicyclic amines) is 1. The van der Waals surface area contributed by atoms with Gasteiger partial charge in [0.05, 0.1) is 17.4 Å². The topological polar surface area (TPSA) is 62.7 Å². The van der Waals surface area contributed by atoms with Gasteiger partial charge in [-0.2, -0.15) is 0 Å². The molecule has 0 amide bonds. The van der Waals surface area contributed by atoms with E-state index in [0.29, 0.717) is 19.1 Å². The third kappa shape index (κ3) is 5.17. The Bertz CT molecular complexity index is 856. The van der Waals surface area contributed by atoms with Crippen LogP contribution in [0.25, 0.3) is 10.6 Å². The van der Waals surface area contributed by atoms with E-state index in [9.17, 15) is 9.90 Å². The lowest BCUT2D eigenvalue weighted by atomic mass is 9.73. The van der Waals surface area contributed by atoms with E-state index in [1.165, 1.54) is 4.88 Å². The highest BCUT2D eigenvalue weighted by Gasteiger charge is 2.37. The summed E-state index contributed by atoms with van der Waals surface area (Å²) in [5, 5.41) is 9.62. The highest BCUT2D eigenvalue weighted by atomic mass is 32.1. The Morgan fingerprint density at radius 3 is 2.72 bits per heavy atom. The van der Waals surface area contributed by atoms with Gasteiger partial charge in [-0.25, -0.2) is 0 Å². The summed E-state index contributed by atoms with van der Waals surface area (Å²) in [5.74, 6) is 0.247. The van der Waals surface area contributed by atoms with Crippen molar-refractivity contribution in [3.05, 3.63) is 34.8 Å². The Morgan fingerprint density at radius 1 is 1.31 bits per heavy atom. The zero-order valence-electron chi connectivity index (χ0n) is 18.1. The second-order valence-corrected chi connectivity index (χ2v) is 10.2. The number of aliphatic carboxylic acids is 1. The normalized spacial score (nSPS) is 20.6. The van der Waals surface area contributed by atoms with Gasteiger partial charge in [-0.15, -0.1) is 11.3 Å².